The van der Waals surface area contributed by atoms with Crippen LogP contribution in [0.5, 0.6) is 0 Å². The van der Waals surface area contributed by atoms with Crippen LogP contribution in [0.4, 0.5) is 4.39 Å². The molecule has 0 heterocycles. The minimum atomic E-state index is -0.233. The van der Waals surface area contributed by atoms with Gasteiger partial charge < -0.3 is 10.1 Å². The monoisotopic (exact) mass is 351 g/mol. The molecule has 2 unspecified atom stereocenters. The van der Waals surface area contributed by atoms with Crippen LogP contribution in [0.1, 0.15) is 17.2 Å². The third-order valence-electron chi connectivity index (χ3n) is 3.50. The van der Waals surface area contributed by atoms with Gasteiger partial charge in [-0.1, -0.05) is 46.3 Å². The zero-order valence-corrected chi connectivity index (χ0v) is 13.7. The first kappa shape index (κ1) is 16.1. The Bertz CT molecular complexity index is 556. The average Bonchev–Trinajstić information content (AvgIpc) is 2.47. The summed E-state index contributed by atoms with van der Waals surface area (Å²) in [6, 6.07) is 15.1. The molecule has 2 atom stereocenters. The van der Waals surface area contributed by atoms with Gasteiger partial charge in [0.25, 0.3) is 0 Å². The molecule has 2 aromatic carbocycles. The van der Waals surface area contributed by atoms with E-state index < -0.39 is 0 Å². The van der Waals surface area contributed by atoms with Gasteiger partial charge in [0.15, 0.2) is 0 Å². The minimum absolute atomic E-state index is 0.0612. The number of rotatable bonds is 6. The van der Waals surface area contributed by atoms with Gasteiger partial charge in [-0.2, -0.15) is 0 Å². The van der Waals surface area contributed by atoms with Gasteiger partial charge in [-0.3, -0.25) is 0 Å². The summed E-state index contributed by atoms with van der Waals surface area (Å²) in [4.78, 5) is 0. The van der Waals surface area contributed by atoms with Crippen LogP contribution in [0.25, 0.3) is 0 Å². The van der Waals surface area contributed by atoms with Crippen molar-refractivity contribution in [3.8, 4) is 0 Å². The lowest BCUT2D eigenvalue weighted by Crippen LogP contribution is -2.35. The third-order valence-corrected chi connectivity index (χ3v) is 3.95. The van der Waals surface area contributed by atoms with Crippen molar-refractivity contribution in [2.75, 3.05) is 14.2 Å². The van der Waals surface area contributed by atoms with E-state index in [1.807, 2.05) is 43.4 Å². The minimum Gasteiger partial charge on any atom is -0.375 e. The summed E-state index contributed by atoms with van der Waals surface area (Å²) >= 11 is 3.33. The molecule has 0 saturated heterocycles. The van der Waals surface area contributed by atoms with E-state index in [9.17, 15) is 4.39 Å². The van der Waals surface area contributed by atoms with E-state index in [4.69, 9.17) is 4.74 Å². The molecule has 0 amide bonds. The van der Waals surface area contributed by atoms with Crippen molar-refractivity contribution >= 4 is 15.9 Å². The summed E-state index contributed by atoms with van der Waals surface area (Å²) in [5.74, 6) is -0.233. The van der Waals surface area contributed by atoms with E-state index in [0.29, 0.717) is 6.42 Å². The smallest absolute Gasteiger partial charge is 0.124 e. The summed E-state index contributed by atoms with van der Waals surface area (Å²) in [6.45, 7) is 0. The van der Waals surface area contributed by atoms with Crippen molar-refractivity contribution in [1.82, 2.24) is 5.32 Å². The van der Waals surface area contributed by atoms with Crippen LogP contribution in [0, 0.1) is 5.82 Å². The van der Waals surface area contributed by atoms with Crippen molar-refractivity contribution < 1.29 is 9.13 Å². The molecule has 2 nitrogen and oxygen atoms in total. The Labute approximate surface area is 133 Å². The highest BCUT2D eigenvalue weighted by molar-refractivity contribution is 9.10. The van der Waals surface area contributed by atoms with E-state index in [2.05, 4.69) is 21.2 Å². The molecule has 0 saturated carbocycles. The second-order valence-electron chi connectivity index (χ2n) is 4.94. The van der Waals surface area contributed by atoms with Crippen LogP contribution >= 0.6 is 15.9 Å². The quantitative estimate of drug-likeness (QED) is 0.845. The van der Waals surface area contributed by atoms with Gasteiger partial charge in [0.2, 0.25) is 0 Å². The first-order chi connectivity index (χ1) is 10.1. The van der Waals surface area contributed by atoms with Gasteiger partial charge in [0, 0.05) is 17.6 Å². The van der Waals surface area contributed by atoms with Crippen LogP contribution in [0.3, 0.4) is 0 Å². The maximum Gasteiger partial charge on any atom is 0.124 e. The summed E-state index contributed by atoms with van der Waals surface area (Å²) in [5, 5.41) is 3.28. The number of methoxy groups -OCH3 is 1. The van der Waals surface area contributed by atoms with Gasteiger partial charge in [-0.15, -0.1) is 0 Å². The molecule has 1 N–H and O–H groups in total. The first-order valence-corrected chi connectivity index (χ1v) is 7.63. The number of hydrogen-bond donors (Lipinski definition) is 1. The van der Waals surface area contributed by atoms with Crippen molar-refractivity contribution in [3.63, 3.8) is 0 Å². The van der Waals surface area contributed by atoms with Crippen LogP contribution in [0.2, 0.25) is 0 Å². The molecular weight excluding hydrogens is 333 g/mol. The van der Waals surface area contributed by atoms with Gasteiger partial charge >= 0.3 is 0 Å². The maximum absolute atomic E-state index is 13.5. The third kappa shape index (κ3) is 4.37. The molecule has 0 aliphatic heterocycles. The first-order valence-electron chi connectivity index (χ1n) is 6.84. The van der Waals surface area contributed by atoms with Gasteiger partial charge in [0.05, 0.1) is 6.10 Å². The van der Waals surface area contributed by atoms with E-state index in [-0.39, 0.29) is 18.0 Å². The molecule has 4 heteroatoms. The Kier molecular flexibility index (Phi) is 5.91. The highest BCUT2D eigenvalue weighted by atomic mass is 79.9. The standard InChI is InChI=1S/C17H19BrFNO/c1-20-16(10-12-8-14(18)11-15(19)9-12)17(21-2)13-6-4-3-5-7-13/h3-9,11,16-17,20H,10H2,1-2H3. The summed E-state index contributed by atoms with van der Waals surface area (Å²) < 4.78 is 19.9. The Hall–Kier alpha value is -1.23. The zero-order valence-electron chi connectivity index (χ0n) is 12.1. The molecule has 0 radical (unpaired) electrons. The Balaban J connectivity index is 2.21. The molecule has 0 bridgehead atoms. The van der Waals surface area contributed by atoms with Crippen LogP contribution in [0.15, 0.2) is 53.0 Å². The predicted molar refractivity (Wildman–Crippen MR) is 86.8 cm³/mol. The molecule has 0 aliphatic carbocycles. The number of likely N-dealkylation sites (N-methyl/N-ethyl adjacent to an activating group) is 1. The largest absolute Gasteiger partial charge is 0.375 e. The summed E-state index contributed by atoms with van der Waals surface area (Å²) in [7, 11) is 3.59. The highest BCUT2D eigenvalue weighted by Gasteiger charge is 2.22. The maximum atomic E-state index is 13.5. The SMILES string of the molecule is CNC(Cc1cc(F)cc(Br)c1)C(OC)c1ccccc1. The Morgan fingerprint density at radius 1 is 1.19 bits per heavy atom. The van der Waals surface area contributed by atoms with E-state index in [0.717, 1.165) is 15.6 Å². The van der Waals surface area contributed by atoms with Crippen molar-refractivity contribution in [2.45, 2.75) is 18.6 Å². The molecule has 112 valence electrons. The van der Waals surface area contributed by atoms with Crippen LogP contribution < -0.4 is 5.32 Å². The topological polar surface area (TPSA) is 21.3 Å². The number of halogens is 2. The molecule has 0 fully saturated rings. The van der Waals surface area contributed by atoms with Crippen molar-refractivity contribution in [2.24, 2.45) is 0 Å². The van der Waals surface area contributed by atoms with E-state index in [1.165, 1.54) is 6.07 Å². The van der Waals surface area contributed by atoms with Crippen LogP contribution in [-0.2, 0) is 11.2 Å². The van der Waals surface area contributed by atoms with Gasteiger partial charge in [0.1, 0.15) is 5.82 Å². The number of nitrogens with one attached hydrogen (secondary N) is 1. The second kappa shape index (κ2) is 7.69. The van der Waals surface area contributed by atoms with Crippen molar-refractivity contribution in [1.29, 1.82) is 0 Å². The molecule has 0 aromatic heterocycles. The second-order valence-corrected chi connectivity index (χ2v) is 5.86. The molecule has 0 aliphatic rings. The van der Waals surface area contributed by atoms with E-state index >= 15 is 0 Å². The summed E-state index contributed by atoms with van der Waals surface area (Å²) in [6.07, 6.45) is 0.596. The molecule has 21 heavy (non-hydrogen) atoms. The average molecular weight is 352 g/mol. The van der Waals surface area contributed by atoms with Gasteiger partial charge in [-0.25, -0.2) is 4.39 Å². The Morgan fingerprint density at radius 2 is 1.90 bits per heavy atom. The van der Waals surface area contributed by atoms with Crippen molar-refractivity contribution in [3.05, 3.63) is 69.9 Å². The van der Waals surface area contributed by atoms with E-state index in [1.54, 1.807) is 13.2 Å². The molecular formula is C17H19BrFNO. The lowest BCUT2D eigenvalue weighted by atomic mass is 9.96. The lowest BCUT2D eigenvalue weighted by molar-refractivity contribution is 0.0704. The number of hydrogen-bond acceptors (Lipinski definition) is 2. The van der Waals surface area contributed by atoms with Gasteiger partial charge in [-0.05, 0) is 42.8 Å². The molecule has 0 spiro atoms. The Morgan fingerprint density at radius 3 is 2.48 bits per heavy atom. The summed E-state index contributed by atoms with van der Waals surface area (Å²) in [5.41, 5.74) is 2.04. The number of ether oxygens (including phenoxy) is 1. The van der Waals surface area contributed by atoms with Crippen LogP contribution in [-0.4, -0.2) is 20.2 Å². The normalized spacial score (nSPS) is 13.9. The molecule has 2 aromatic rings. The zero-order chi connectivity index (χ0) is 15.2. The lowest BCUT2D eigenvalue weighted by Gasteiger charge is -2.26. The fraction of sp³-hybridized carbons (Fsp3) is 0.294. The fourth-order valence-corrected chi connectivity index (χ4v) is 3.03. The fourth-order valence-electron chi connectivity index (χ4n) is 2.52. The number of benzene rings is 2. The molecule has 2 rings (SSSR count). The highest BCUT2D eigenvalue weighted by Crippen LogP contribution is 2.24. The predicted octanol–water partition coefficient (Wildman–Crippen LogP) is 4.11.